The lowest BCUT2D eigenvalue weighted by Crippen LogP contribution is -2.50. The Morgan fingerprint density at radius 3 is 2.63 bits per heavy atom. The van der Waals surface area contributed by atoms with Gasteiger partial charge in [0, 0.05) is 30.8 Å². The predicted octanol–water partition coefficient (Wildman–Crippen LogP) is 2.01. The van der Waals surface area contributed by atoms with E-state index in [9.17, 15) is 10.1 Å². The summed E-state index contributed by atoms with van der Waals surface area (Å²) >= 11 is 0. The lowest BCUT2D eigenvalue weighted by Gasteiger charge is -2.41. The van der Waals surface area contributed by atoms with Crippen molar-refractivity contribution in [3.63, 3.8) is 0 Å². The van der Waals surface area contributed by atoms with Gasteiger partial charge in [-0.15, -0.1) is 0 Å². The summed E-state index contributed by atoms with van der Waals surface area (Å²) < 4.78 is 1.64. The van der Waals surface area contributed by atoms with Gasteiger partial charge in [0.25, 0.3) is 5.56 Å². The van der Waals surface area contributed by atoms with Crippen LogP contribution >= 0.6 is 0 Å². The summed E-state index contributed by atoms with van der Waals surface area (Å²) in [5.74, 6) is 1.20. The Morgan fingerprint density at radius 2 is 1.78 bits per heavy atom. The van der Waals surface area contributed by atoms with Gasteiger partial charge in [0.2, 0.25) is 0 Å². The minimum atomic E-state index is 0.0127. The van der Waals surface area contributed by atoms with Gasteiger partial charge < -0.3 is 4.90 Å². The van der Waals surface area contributed by atoms with Crippen LogP contribution in [0.15, 0.2) is 16.9 Å². The monoisotopic (exact) mass is 361 g/mol. The molecule has 5 rings (SSSR count). The Kier molecular flexibility index (Phi) is 3.96. The third-order valence-electron chi connectivity index (χ3n) is 6.11. The molecule has 2 aromatic rings. The Labute approximate surface area is 158 Å². The smallest absolute Gasteiger partial charge is 0.267 e. The molecule has 0 radical (unpaired) electrons. The van der Waals surface area contributed by atoms with E-state index in [4.69, 9.17) is 4.98 Å². The van der Waals surface area contributed by atoms with Crippen LogP contribution in [0.1, 0.15) is 47.3 Å². The van der Waals surface area contributed by atoms with Gasteiger partial charge in [0.15, 0.2) is 0 Å². The lowest BCUT2D eigenvalue weighted by molar-refractivity contribution is 0.331. The van der Waals surface area contributed by atoms with Crippen molar-refractivity contribution < 1.29 is 0 Å². The van der Waals surface area contributed by atoms with E-state index >= 15 is 0 Å². The Bertz CT molecular complexity index is 997. The van der Waals surface area contributed by atoms with E-state index in [2.05, 4.69) is 16.1 Å². The first-order valence-electron chi connectivity index (χ1n) is 9.99. The van der Waals surface area contributed by atoms with Crippen molar-refractivity contribution in [1.82, 2.24) is 14.8 Å². The standard InChI is InChI=1S/C21H23N5O/c22-10-17-8-15-4-1-2-6-18(15)23-21(17)25-11-14(12-25)13-26-20(27)9-16-5-3-7-19(16)24-26/h8-9,14H,1-7,11-13H2. The summed E-state index contributed by atoms with van der Waals surface area (Å²) in [6.45, 7) is 2.30. The number of hydrogen-bond donors (Lipinski definition) is 0. The molecule has 1 fully saturated rings. The molecule has 0 spiro atoms. The van der Waals surface area contributed by atoms with Crippen molar-refractivity contribution in [3.8, 4) is 6.07 Å². The van der Waals surface area contributed by atoms with Gasteiger partial charge in [-0.25, -0.2) is 9.67 Å². The van der Waals surface area contributed by atoms with Gasteiger partial charge in [-0.2, -0.15) is 10.4 Å². The quantitative estimate of drug-likeness (QED) is 0.836. The van der Waals surface area contributed by atoms with Crippen molar-refractivity contribution in [1.29, 1.82) is 5.26 Å². The van der Waals surface area contributed by atoms with Crippen LogP contribution in [0.5, 0.6) is 0 Å². The highest BCUT2D eigenvalue weighted by Gasteiger charge is 2.31. The predicted molar refractivity (Wildman–Crippen MR) is 102 cm³/mol. The SMILES string of the molecule is N#Cc1cc2c(nc1N1CC(Cn3nc4c(cc3=O)CCC4)C1)CCCC2. The summed E-state index contributed by atoms with van der Waals surface area (Å²) in [4.78, 5) is 19.3. The minimum Gasteiger partial charge on any atom is -0.355 e. The molecule has 0 bridgehead atoms. The number of nitriles is 1. The number of fused-ring (bicyclic) bond motifs is 2. The number of nitrogens with zero attached hydrogens (tertiary/aromatic N) is 5. The average Bonchev–Trinajstić information content (AvgIpc) is 3.10. The van der Waals surface area contributed by atoms with Gasteiger partial charge in [-0.3, -0.25) is 4.79 Å². The van der Waals surface area contributed by atoms with Crippen LogP contribution in [0.2, 0.25) is 0 Å². The second-order valence-corrected chi connectivity index (χ2v) is 8.05. The van der Waals surface area contributed by atoms with Gasteiger partial charge in [0.05, 0.1) is 17.8 Å². The second kappa shape index (κ2) is 6.49. The highest BCUT2D eigenvalue weighted by molar-refractivity contribution is 5.58. The van der Waals surface area contributed by atoms with Crippen molar-refractivity contribution in [3.05, 3.63) is 50.6 Å². The van der Waals surface area contributed by atoms with E-state index in [1.165, 1.54) is 18.4 Å². The fourth-order valence-corrected chi connectivity index (χ4v) is 4.62. The van der Waals surface area contributed by atoms with Crippen molar-refractivity contribution >= 4 is 5.82 Å². The zero-order valence-electron chi connectivity index (χ0n) is 15.4. The molecule has 0 amide bonds. The molecule has 3 aliphatic rings. The normalized spacial score (nSPS) is 18.6. The number of anilines is 1. The molecule has 1 aliphatic heterocycles. The third kappa shape index (κ3) is 2.91. The summed E-state index contributed by atoms with van der Waals surface area (Å²) in [7, 11) is 0. The van der Waals surface area contributed by atoms with Crippen LogP contribution in [0.3, 0.4) is 0 Å². The first kappa shape index (κ1) is 16.5. The number of aromatic nitrogens is 3. The highest BCUT2D eigenvalue weighted by Crippen LogP contribution is 2.31. The third-order valence-corrected chi connectivity index (χ3v) is 6.11. The zero-order valence-corrected chi connectivity index (χ0v) is 15.4. The van der Waals surface area contributed by atoms with Crippen molar-refractivity contribution in [2.24, 2.45) is 5.92 Å². The van der Waals surface area contributed by atoms with Crippen molar-refractivity contribution in [2.45, 2.75) is 51.5 Å². The molecule has 0 unspecified atom stereocenters. The van der Waals surface area contributed by atoms with E-state index in [0.717, 1.165) is 68.0 Å². The van der Waals surface area contributed by atoms with E-state index in [0.29, 0.717) is 18.0 Å². The molecule has 27 heavy (non-hydrogen) atoms. The Hall–Kier alpha value is -2.68. The summed E-state index contributed by atoms with van der Waals surface area (Å²) in [5, 5.41) is 14.1. The fourth-order valence-electron chi connectivity index (χ4n) is 4.62. The molecule has 0 atom stereocenters. The van der Waals surface area contributed by atoms with Crippen LogP contribution in [0, 0.1) is 17.2 Å². The van der Waals surface area contributed by atoms with Crippen molar-refractivity contribution in [2.75, 3.05) is 18.0 Å². The number of aryl methyl sites for hydroxylation is 4. The summed E-state index contributed by atoms with van der Waals surface area (Å²) in [6.07, 6.45) is 7.48. The molecule has 1 saturated heterocycles. The molecule has 3 heterocycles. The molecule has 0 N–H and O–H groups in total. The zero-order chi connectivity index (χ0) is 18.4. The van der Waals surface area contributed by atoms with E-state index in [-0.39, 0.29) is 5.56 Å². The molecule has 138 valence electrons. The number of pyridine rings is 1. The van der Waals surface area contributed by atoms with Crippen LogP contribution < -0.4 is 10.5 Å². The first-order chi connectivity index (χ1) is 13.2. The maximum atomic E-state index is 12.3. The minimum absolute atomic E-state index is 0.0127. The molecule has 6 heteroatoms. The highest BCUT2D eigenvalue weighted by atomic mass is 16.1. The van der Waals surface area contributed by atoms with Crippen LogP contribution in [0.25, 0.3) is 0 Å². The fraction of sp³-hybridized carbons (Fsp3) is 0.524. The molecule has 0 saturated carbocycles. The van der Waals surface area contributed by atoms with E-state index in [1.54, 1.807) is 10.7 Å². The molecule has 2 aromatic heterocycles. The van der Waals surface area contributed by atoms with Crippen LogP contribution in [-0.2, 0) is 32.2 Å². The molecule has 2 aliphatic carbocycles. The van der Waals surface area contributed by atoms with Gasteiger partial charge in [0.1, 0.15) is 11.9 Å². The van der Waals surface area contributed by atoms with Gasteiger partial charge >= 0.3 is 0 Å². The second-order valence-electron chi connectivity index (χ2n) is 8.05. The lowest BCUT2D eigenvalue weighted by atomic mass is 9.93. The topological polar surface area (TPSA) is 74.8 Å². The largest absolute Gasteiger partial charge is 0.355 e. The average molecular weight is 361 g/mol. The first-order valence-corrected chi connectivity index (χ1v) is 9.99. The maximum absolute atomic E-state index is 12.3. The Morgan fingerprint density at radius 1 is 1.04 bits per heavy atom. The molecule has 6 nitrogen and oxygen atoms in total. The Balaban J connectivity index is 1.31. The van der Waals surface area contributed by atoms with E-state index in [1.807, 2.05) is 6.07 Å². The molecular weight excluding hydrogens is 338 g/mol. The van der Waals surface area contributed by atoms with Crippen LogP contribution in [0.4, 0.5) is 5.82 Å². The summed E-state index contributed by atoms with van der Waals surface area (Å²) in [6, 6.07) is 6.13. The van der Waals surface area contributed by atoms with E-state index < -0.39 is 0 Å². The van der Waals surface area contributed by atoms with Gasteiger partial charge in [-0.1, -0.05) is 0 Å². The molecular formula is C21H23N5O. The number of hydrogen-bond acceptors (Lipinski definition) is 5. The molecule has 0 aromatic carbocycles. The number of rotatable bonds is 3. The van der Waals surface area contributed by atoms with Crippen LogP contribution in [-0.4, -0.2) is 27.9 Å². The summed E-state index contributed by atoms with van der Waals surface area (Å²) in [5.41, 5.74) is 5.32. The van der Waals surface area contributed by atoms with Gasteiger partial charge in [-0.05, 0) is 62.1 Å². The maximum Gasteiger partial charge on any atom is 0.267 e.